The Balaban J connectivity index is 2.34. The first-order chi connectivity index (χ1) is 8.04. The predicted molar refractivity (Wildman–Crippen MR) is 53.8 cm³/mol. The average molecular weight is 244 g/mol. The first kappa shape index (κ1) is 11.8. The van der Waals surface area contributed by atoms with E-state index in [1.807, 2.05) is 0 Å². The minimum absolute atomic E-state index is 0.0397. The Morgan fingerprint density at radius 2 is 2.18 bits per heavy atom. The molecular weight excluding hydrogens is 232 g/mol. The molecule has 0 aromatic carbocycles. The molecule has 0 amide bonds. The van der Waals surface area contributed by atoms with Crippen LogP contribution in [0.15, 0.2) is 21.9 Å². The second kappa shape index (κ2) is 4.32. The van der Waals surface area contributed by atoms with Gasteiger partial charge in [-0.25, -0.2) is 4.79 Å². The number of aliphatic hydroxyl groups excluding tert-OH is 2. The van der Waals surface area contributed by atoms with Crippen molar-refractivity contribution in [1.82, 2.24) is 9.30 Å². The lowest BCUT2D eigenvalue weighted by Crippen LogP contribution is -2.39. The summed E-state index contributed by atoms with van der Waals surface area (Å²) < 4.78 is 6.17. The van der Waals surface area contributed by atoms with E-state index in [1.165, 1.54) is 6.20 Å². The number of aliphatic hydroxyl groups is 2. The molecule has 17 heavy (non-hydrogen) atoms. The molecule has 1 fully saturated rings. The molecule has 2 heterocycles. The normalized spacial score (nSPS) is 28.5. The minimum Gasteiger partial charge on any atom is -0.421 e. The fraction of sp³-hybridized carbons (Fsp3) is 0.556. The molecule has 94 valence electrons. The van der Waals surface area contributed by atoms with Crippen LogP contribution in [0.3, 0.4) is 0 Å². The number of nitrogens with zero attached hydrogens (tertiary/aromatic N) is 2. The van der Waals surface area contributed by atoms with Gasteiger partial charge in [-0.15, -0.1) is 0 Å². The van der Waals surface area contributed by atoms with Gasteiger partial charge >= 0.3 is 5.69 Å². The highest BCUT2D eigenvalue weighted by molar-refractivity contribution is 4.89. The van der Waals surface area contributed by atoms with Crippen molar-refractivity contribution in [3.05, 3.63) is 33.1 Å². The van der Waals surface area contributed by atoms with E-state index in [4.69, 9.17) is 15.1 Å². The molecule has 1 aromatic rings. The van der Waals surface area contributed by atoms with Crippen molar-refractivity contribution in [3.63, 3.8) is 0 Å². The van der Waals surface area contributed by atoms with Crippen LogP contribution in [0.5, 0.6) is 0 Å². The van der Waals surface area contributed by atoms with Crippen molar-refractivity contribution >= 4 is 0 Å². The first-order valence-electron chi connectivity index (χ1n) is 5.02. The molecule has 1 aliphatic rings. The third-order valence-electron chi connectivity index (χ3n) is 2.68. The number of hydrogen-bond donors (Lipinski definition) is 3. The van der Waals surface area contributed by atoms with Crippen LogP contribution in [0, 0.1) is 0 Å². The van der Waals surface area contributed by atoms with Gasteiger partial charge in [0.05, 0.1) is 12.7 Å². The summed E-state index contributed by atoms with van der Waals surface area (Å²) in [4.78, 5) is 22.5. The van der Waals surface area contributed by atoms with E-state index in [0.717, 1.165) is 10.6 Å². The Kier molecular flexibility index (Phi) is 3.01. The van der Waals surface area contributed by atoms with E-state index in [1.54, 1.807) is 0 Å². The second-order valence-electron chi connectivity index (χ2n) is 3.77. The van der Waals surface area contributed by atoms with Crippen LogP contribution in [0.1, 0.15) is 12.6 Å². The summed E-state index contributed by atoms with van der Waals surface area (Å²) in [5, 5.41) is 27.5. The standard InChI is InChI=1S/C9H12N2O6/c12-4-6-5(13)3-8(17-6)10-2-1-7(14)11(16)9(10)15/h1-2,5-6,8,12-13,16H,3-4H2/t5-,6+,8+/m0/s1. The van der Waals surface area contributed by atoms with Crippen LogP contribution in [0.25, 0.3) is 0 Å². The molecule has 0 aliphatic carbocycles. The summed E-state index contributed by atoms with van der Waals surface area (Å²) in [5.74, 6) is 0. The highest BCUT2D eigenvalue weighted by Crippen LogP contribution is 2.26. The summed E-state index contributed by atoms with van der Waals surface area (Å²) in [6.45, 7) is -0.370. The zero-order valence-electron chi connectivity index (χ0n) is 8.76. The van der Waals surface area contributed by atoms with Gasteiger partial charge in [-0.1, -0.05) is 4.73 Å². The van der Waals surface area contributed by atoms with Crippen molar-refractivity contribution in [3.8, 4) is 0 Å². The molecule has 1 saturated heterocycles. The monoisotopic (exact) mass is 244 g/mol. The van der Waals surface area contributed by atoms with Crippen molar-refractivity contribution < 1.29 is 20.2 Å². The topological polar surface area (TPSA) is 114 Å². The molecule has 2 rings (SSSR count). The third kappa shape index (κ3) is 1.97. The Morgan fingerprint density at radius 1 is 1.47 bits per heavy atom. The minimum atomic E-state index is -0.951. The Morgan fingerprint density at radius 3 is 2.76 bits per heavy atom. The number of hydrogen-bond acceptors (Lipinski definition) is 6. The molecule has 0 unspecified atom stereocenters. The fourth-order valence-electron chi connectivity index (χ4n) is 1.75. The second-order valence-corrected chi connectivity index (χ2v) is 3.77. The predicted octanol–water partition coefficient (Wildman–Crippen LogP) is -2.11. The van der Waals surface area contributed by atoms with Crippen molar-refractivity contribution in [2.75, 3.05) is 6.61 Å². The Labute approximate surface area is 94.9 Å². The molecule has 3 atom stereocenters. The van der Waals surface area contributed by atoms with Crippen molar-refractivity contribution in [1.29, 1.82) is 0 Å². The van der Waals surface area contributed by atoms with Gasteiger partial charge in [0, 0.05) is 18.7 Å². The molecular formula is C9H12N2O6. The van der Waals surface area contributed by atoms with E-state index >= 15 is 0 Å². The van der Waals surface area contributed by atoms with Gasteiger partial charge in [0.25, 0.3) is 5.56 Å². The highest BCUT2D eigenvalue weighted by atomic mass is 16.5. The van der Waals surface area contributed by atoms with Gasteiger partial charge in [-0.2, -0.15) is 0 Å². The molecule has 0 bridgehead atoms. The molecule has 0 radical (unpaired) electrons. The largest absolute Gasteiger partial charge is 0.421 e. The molecule has 1 aliphatic heterocycles. The quantitative estimate of drug-likeness (QED) is 0.513. The molecule has 1 aromatic heterocycles. The number of rotatable bonds is 2. The summed E-state index contributed by atoms with van der Waals surface area (Å²) in [6, 6.07) is 1.00. The van der Waals surface area contributed by atoms with Crippen LogP contribution < -0.4 is 11.2 Å². The van der Waals surface area contributed by atoms with E-state index < -0.39 is 29.7 Å². The Bertz CT molecular complexity index is 521. The molecule has 3 N–H and O–H groups in total. The van der Waals surface area contributed by atoms with Crippen molar-refractivity contribution in [2.45, 2.75) is 24.9 Å². The summed E-state index contributed by atoms with van der Waals surface area (Å²) >= 11 is 0. The summed E-state index contributed by atoms with van der Waals surface area (Å²) in [5.41, 5.74) is -1.79. The van der Waals surface area contributed by atoms with Crippen LogP contribution in [-0.2, 0) is 4.74 Å². The summed E-state index contributed by atoms with van der Waals surface area (Å²) in [7, 11) is 0. The van der Waals surface area contributed by atoms with Gasteiger partial charge in [0.15, 0.2) is 0 Å². The van der Waals surface area contributed by atoms with Crippen LogP contribution in [0.4, 0.5) is 0 Å². The molecule has 0 saturated carbocycles. The van der Waals surface area contributed by atoms with Gasteiger partial charge in [0.2, 0.25) is 0 Å². The zero-order valence-corrected chi connectivity index (χ0v) is 8.76. The summed E-state index contributed by atoms with van der Waals surface area (Å²) in [6.07, 6.45) is -1.20. The van der Waals surface area contributed by atoms with E-state index in [0.29, 0.717) is 0 Å². The maximum absolute atomic E-state index is 11.5. The number of aromatic nitrogens is 2. The van der Waals surface area contributed by atoms with Gasteiger partial charge in [-0.05, 0) is 0 Å². The molecule has 0 spiro atoms. The first-order valence-corrected chi connectivity index (χ1v) is 5.02. The van der Waals surface area contributed by atoms with Crippen LogP contribution >= 0.6 is 0 Å². The van der Waals surface area contributed by atoms with Crippen LogP contribution in [-0.4, -0.2) is 43.5 Å². The molecule has 8 heteroatoms. The molecule has 8 nitrogen and oxygen atoms in total. The van der Waals surface area contributed by atoms with Gasteiger partial charge < -0.3 is 20.2 Å². The average Bonchev–Trinajstić information content (AvgIpc) is 2.67. The van der Waals surface area contributed by atoms with E-state index in [9.17, 15) is 14.7 Å². The lowest BCUT2D eigenvalue weighted by atomic mass is 10.2. The van der Waals surface area contributed by atoms with Gasteiger partial charge in [0.1, 0.15) is 12.3 Å². The zero-order chi connectivity index (χ0) is 12.6. The maximum Gasteiger partial charge on any atom is 0.366 e. The SMILES string of the molecule is O=c1ccn([C@H]2C[C@H](O)[C@@H](CO)O2)c(=O)n1O. The Hall–Kier alpha value is -1.64. The smallest absolute Gasteiger partial charge is 0.366 e. The third-order valence-corrected chi connectivity index (χ3v) is 2.68. The number of ether oxygens (including phenoxy) is 1. The lowest BCUT2D eigenvalue weighted by molar-refractivity contribution is -0.0479. The fourth-order valence-corrected chi connectivity index (χ4v) is 1.75. The maximum atomic E-state index is 11.5. The van der Waals surface area contributed by atoms with Gasteiger partial charge in [-0.3, -0.25) is 9.36 Å². The van der Waals surface area contributed by atoms with Crippen molar-refractivity contribution in [2.24, 2.45) is 0 Å². The highest BCUT2D eigenvalue weighted by Gasteiger charge is 2.35. The lowest BCUT2D eigenvalue weighted by Gasteiger charge is -2.14. The van der Waals surface area contributed by atoms with E-state index in [2.05, 4.69) is 0 Å². The van der Waals surface area contributed by atoms with E-state index in [-0.39, 0.29) is 17.8 Å². The van der Waals surface area contributed by atoms with Crippen LogP contribution in [0.2, 0.25) is 0 Å².